The number of hydrogen-bond acceptors (Lipinski definition) is 2. The molecule has 1 aromatic carbocycles. The van der Waals surface area contributed by atoms with Gasteiger partial charge in [-0.25, -0.2) is 0 Å². The van der Waals surface area contributed by atoms with Crippen molar-refractivity contribution < 1.29 is 4.74 Å². The number of ether oxygens (including phenoxy) is 1. The molecule has 0 bridgehead atoms. The van der Waals surface area contributed by atoms with E-state index in [-0.39, 0.29) is 0 Å². The highest BCUT2D eigenvalue weighted by Gasteiger charge is 2.16. The molecule has 70 valence electrons. The highest BCUT2D eigenvalue weighted by Crippen LogP contribution is 2.16. The van der Waals surface area contributed by atoms with Crippen molar-refractivity contribution in [1.29, 1.82) is 0 Å². The summed E-state index contributed by atoms with van der Waals surface area (Å²) in [7, 11) is 0. The van der Waals surface area contributed by atoms with Crippen molar-refractivity contribution in [2.45, 2.75) is 13.0 Å². The molecule has 0 N–H and O–H groups in total. The third kappa shape index (κ3) is 2.01. The molecule has 0 spiro atoms. The molecule has 0 aliphatic carbocycles. The second kappa shape index (κ2) is 3.79. The van der Waals surface area contributed by atoms with Gasteiger partial charge in [-0.1, -0.05) is 18.2 Å². The van der Waals surface area contributed by atoms with E-state index in [4.69, 9.17) is 4.74 Å². The normalized spacial score (nSPS) is 23.2. The molecule has 13 heavy (non-hydrogen) atoms. The summed E-state index contributed by atoms with van der Waals surface area (Å²) in [6.07, 6.45) is 0.356. The molecule has 0 radical (unpaired) electrons. The average Bonchev–Trinajstić information content (AvgIpc) is 2.19. The van der Waals surface area contributed by atoms with Gasteiger partial charge in [0.15, 0.2) is 0 Å². The van der Waals surface area contributed by atoms with Gasteiger partial charge in [0, 0.05) is 18.8 Å². The Morgan fingerprint density at radius 1 is 1.31 bits per heavy atom. The van der Waals surface area contributed by atoms with Crippen molar-refractivity contribution in [1.82, 2.24) is 0 Å². The predicted molar refractivity (Wildman–Crippen MR) is 54.1 cm³/mol. The number of rotatable bonds is 1. The molecule has 1 aliphatic heterocycles. The molecular weight excluding hydrogens is 162 g/mol. The van der Waals surface area contributed by atoms with Gasteiger partial charge in [0.25, 0.3) is 0 Å². The van der Waals surface area contributed by atoms with Crippen LogP contribution in [-0.4, -0.2) is 25.8 Å². The summed E-state index contributed by atoms with van der Waals surface area (Å²) in [5, 5.41) is 0. The largest absolute Gasteiger partial charge is 0.375 e. The van der Waals surface area contributed by atoms with Crippen LogP contribution in [0.25, 0.3) is 0 Å². The van der Waals surface area contributed by atoms with Crippen molar-refractivity contribution in [3.8, 4) is 0 Å². The van der Waals surface area contributed by atoms with Crippen LogP contribution in [0.1, 0.15) is 6.92 Å². The monoisotopic (exact) mass is 177 g/mol. The number of benzene rings is 1. The molecule has 1 aliphatic rings. The van der Waals surface area contributed by atoms with Crippen LogP contribution in [0.2, 0.25) is 0 Å². The lowest BCUT2D eigenvalue weighted by Crippen LogP contribution is -2.41. The van der Waals surface area contributed by atoms with Crippen molar-refractivity contribution in [2.75, 3.05) is 24.6 Å². The highest BCUT2D eigenvalue weighted by atomic mass is 16.5. The molecule has 0 aromatic heterocycles. The lowest BCUT2D eigenvalue weighted by molar-refractivity contribution is 0.0532. The van der Waals surface area contributed by atoms with Crippen LogP contribution in [-0.2, 0) is 4.74 Å². The van der Waals surface area contributed by atoms with Gasteiger partial charge in [0.05, 0.1) is 12.7 Å². The lowest BCUT2D eigenvalue weighted by Gasteiger charge is -2.32. The highest BCUT2D eigenvalue weighted by molar-refractivity contribution is 5.46. The third-order valence-corrected chi connectivity index (χ3v) is 2.36. The topological polar surface area (TPSA) is 12.5 Å². The number of para-hydroxylation sites is 1. The molecule has 1 atom stereocenters. The van der Waals surface area contributed by atoms with E-state index < -0.39 is 0 Å². The van der Waals surface area contributed by atoms with Crippen LogP contribution >= 0.6 is 0 Å². The van der Waals surface area contributed by atoms with Crippen molar-refractivity contribution >= 4 is 5.69 Å². The smallest absolute Gasteiger partial charge is 0.0722 e. The van der Waals surface area contributed by atoms with Crippen molar-refractivity contribution in [3.63, 3.8) is 0 Å². The van der Waals surface area contributed by atoms with Gasteiger partial charge in [-0.3, -0.25) is 0 Å². The van der Waals surface area contributed by atoms with Crippen LogP contribution in [0.15, 0.2) is 30.3 Å². The second-order valence-electron chi connectivity index (χ2n) is 3.46. The quantitative estimate of drug-likeness (QED) is 0.649. The first-order chi connectivity index (χ1) is 6.36. The summed E-state index contributed by atoms with van der Waals surface area (Å²) >= 11 is 0. The van der Waals surface area contributed by atoms with Crippen LogP contribution in [0, 0.1) is 0 Å². The zero-order chi connectivity index (χ0) is 9.10. The Bertz CT molecular complexity index is 260. The maximum absolute atomic E-state index is 5.49. The Labute approximate surface area is 79.1 Å². The minimum atomic E-state index is 0.356. The fourth-order valence-corrected chi connectivity index (χ4v) is 1.69. The van der Waals surface area contributed by atoms with Crippen molar-refractivity contribution in [3.05, 3.63) is 30.3 Å². The summed E-state index contributed by atoms with van der Waals surface area (Å²) in [6.45, 7) is 4.98. The Morgan fingerprint density at radius 3 is 2.77 bits per heavy atom. The number of nitrogens with zero attached hydrogens (tertiary/aromatic N) is 1. The van der Waals surface area contributed by atoms with Crippen LogP contribution in [0.3, 0.4) is 0 Å². The van der Waals surface area contributed by atoms with E-state index in [1.165, 1.54) is 5.69 Å². The van der Waals surface area contributed by atoms with Gasteiger partial charge in [-0.2, -0.15) is 0 Å². The van der Waals surface area contributed by atoms with E-state index in [2.05, 4.69) is 36.1 Å². The lowest BCUT2D eigenvalue weighted by atomic mass is 10.2. The van der Waals surface area contributed by atoms with E-state index >= 15 is 0 Å². The molecule has 2 heteroatoms. The van der Waals surface area contributed by atoms with E-state index in [1.54, 1.807) is 0 Å². The third-order valence-electron chi connectivity index (χ3n) is 2.36. The summed E-state index contributed by atoms with van der Waals surface area (Å²) in [5.41, 5.74) is 1.30. The predicted octanol–water partition coefficient (Wildman–Crippen LogP) is 1.91. The fourth-order valence-electron chi connectivity index (χ4n) is 1.69. The standard InChI is InChI=1S/C11H15NO/c1-10-9-12(7-8-13-10)11-5-3-2-4-6-11/h2-6,10H,7-9H2,1H3/t10-/m1/s1. The van der Waals surface area contributed by atoms with Gasteiger partial charge in [0.1, 0.15) is 0 Å². The van der Waals surface area contributed by atoms with Gasteiger partial charge < -0.3 is 9.64 Å². The van der Waals surface area contributed by atoms with Crippen LogP contribution in [0.4, 0.5) is 5.69 Å². The molecule has 2 rings (SSSR count). The SMILES string of the molecule is C[C@@H]1CN(c2ccccc2)CCO1. The number of anilines is 1. The van der Waals surface area contributed by atoms with E-state index in [0.29, 0.717) is 6.10 Å². The van der Waals surface area contributed by atoms with Gasteiger partial charge in [-0.05, 0) is 19.1 Å². The molecular formula is C11H15NO. The summed E-state index contributed by atoms with van der Waals surface area (Å²) in [5.74, 6) is 0. The average molecular weight is 177 g/mol. The first-order valence-corrected chi connectivity index (χ1v) is 4.78. The molecule has 1 aromatic rings. The summed E-state index contributed by atoms with van der Waals surface area (Å²) in [6, 6.07) is 10.5. The molecule has 0 unspecified atom stereocenters. The molecule has 0 amide bonds. The minimum absolute atomic E-state index is 0.356. The van der Waals surface area contributed by atoms with Gasteiger partial charge in [0.2, 0.25) is 0 Å². The minimum Gasteiger partial charge on any atom is -0.375 e. The molecule has 2 nitrogen and oxygen atoms in total. The summed E-state index contributed by atoms with van der Waals surface area (Å²) < 4.78 is 5.49. The maximum Gasteiger partial charge on any atom is 0.0722 e. The zero-order valence-electron chi connectivity index (χ0n) is 7.94. The Hall–Kier alpha value is -1.02. The molecule has 1 heterocycles. The fraction of sp³-hybridized carbons (Fsp3) is 0.455. The first-order valence-electron chi connectivity index (χ1n) is 4.78. The van der Waals surface area contributed by atoms with E-state index in [9.17, 15) is 0 Å². The second-order valence-corrected chi connectivity index (χ2v) is 3.46. The van der Waals surface area contributed by atoms with E-state index in [0.717, 1.165) is 19.7 Å². The Kier molecular flexibility index (Phi) is 2.50. The first kappa shape index (κ1) is 8.57. The maximum atomic E-state index is 5.49. The summed E-state index contributed by atoms with van der Waals surface area (Å²) in [4.78, 5) is 2.37. The van der Waals surface area contributed by atoms with Gasteiger partial charge >= 0.3 is 0 Å². The number of morpholine rings is 1. The Morgan fingerprint density at radius 2 is 2.08 bits per heavy atom. The van der Waals surface area contributed by atoms with Crippen molar-refractivity contribution in [2.24, 2.45) is 0 Å². The Balaban J connectivity index is 2.08. The van der Waals surface area contributed by atoms with Crippen LogP contribution < -0.4 is 4.90 Å². The molecule has 0 saturated carbocycles. The zero-order valence-corrected chi connectivity index (χ0v) is 7.94. The number of hydrogen-bond donors (Lipinski definition) is 0. The molecule has 1 fully saturated rings. The van der Waals surface area contributed by atoms with Gasteiger partial charge in [-0.15, -0.1) is 0 Å². The molecule has 1 saturated heterocycles. The van der Waals surface area contributed by atoms with Crippen LogP contribution in [0.5, 0.6) is 0 Å². The van der Waals surface area contributed by atoms with E-state index in [1.807, 2.05) is 6.07 Å².